The largest absolute Gasteiger partial charge is 0.369 e. The molecule has 4 heteroatoms. The Morgan fingerprint density at radius 2 is 2.21 bits per heavy atom. The van der Waals surface area contributed by atoms with Crippen LogP contribution in [-0.2, 0) is 10.2 Å². The topological polar surface area (TPSA) is 56.0 Å². The molecular formula is C10H11FN2O. The molecule has 2 N–H and O–H groups in total. The summed E-state index contributed by atoms with van der Waals surface area (Å²) < 4.78 is 13.5. The van der Waals surface area contributed by atoms with Gasteiger partial charge in [-0.15, -0.1) is 0 Å². The first-order valence-corrected chi connectivity index (χ1v) is 4.48. The van der Waals surface area contributed by atoms with Crippen LogP contribution in [0.15, 0.2) is 12.4 Å². The predicted octanol–water partition coefficient (Wildman–Crippen LogP) is 1.05. The molecule has 0 unspecified atom stereocenters. The van der Waals surface area contributed by atoms with Crippen LogP contribution >= 0.6 is 0 Å². The molecule has 74 valence electrons. The lowest BCUT2D eigenvalue weighted by Gasteiger charge is -2.14. The molecule has 1 saturated carbocycles. The monoisotopic (exact) mass is 194 g/mol. The number of halogens is 1. The second kappa shape index (κ2) is 2.77. The quantitative estimate of drug-likeness (QED) is 0.764. The van der Waals surface area contributed by atoms with Crippen molar-refractivity contribution in [2.45, 2.75) is 25.2 Å². The molecule has 0 saturated heterocycles. The summed E-state index contributed by atoms with van der Waals surface area (Å²) >= 11 is 0. The van der Waals surface area contributed by atoms with E-state index in [1.807, 2.05) is 0 Å². The fourth-order valence-corrected chi connectivity index (χ4v) is 1.88. The van der Waals surface area contributed by atoms with E-state index in [2.05, 4.69) is 4.98 Å². The third-order valence-corrected chi connectivity index (χ3v) is 2.79. The van der Waals surface area contributed by atoms with Crippen LogP contribution in [0.4, 0.5) is 4.39 Å². The molecule has 1 amide bonds. The molecule has 0 spiro atoms. The minimum Gasteiger partial charge on any atom is -0.369 e. The Bertz CT molecular complexity index is 379. The van der Waals surface area contributed by atoms with E-state index in [9.17, 15) is 9.18 Å². The van der Waals surface area contributed by atoms with Crippen molar-refractivity contribution < 1.29 is 9.18 Å². The van der Waals surface area contributed by atoms with E-state index in [0.717, 1.165) is 6.20 Å². The van der Waals surface area contributed by atoms with Crippen molar-refractivity contribution in [2.24, 2.45) is 5.73 Å². The molecule has 0 radical (unpaired) electrons. The summed E-state index contributed by atoms with van der Waals surface area (Å²) in [6, 6.07) is 0. The zero-order chi connectivity index (χ0) is 10.3. The fourth-order valence-electron chi connectivity index (χ4n) is 1.88. The first-order chi connectivity index (χ1) is 6.58. The van der Waals surface area contributed by atoms with Crippen molar-refractivity contribution in [3.63, 3.8) is 0 Å². The molecule has 1 aliphatic carbocycles. The zero-order valence-corrected chi connectivity index (χ0v) is 7.88. The third kappa shape index (κ3) is 1.10. The van der Waals surface area contributed by atoms with Gasteiger partial charge in [-0.2, -0.15) is 0 Å². The summed E-state index contributed by atoms with van der Waals surface area (Å²) in [5.74, 6) is -0.869. The smallest absolute Gasteiger partial charge is 0.228 e. The van der Waals surface area contributed by atoms with E-state index in [0.29, 0.717) is 24.0 Å². The number of nitrogens with two attached hydrogens (primary N) is 1. The van der Waals surface area contributed by atoms with Gasteiger partial charge in [-0.25, -0.2) is 4.39 Å². The molecule has 0 aliphatic heterocycles. The summed E-state index contributed by atoms with van der Waals surface area (Å²) in [7, 11) is 0. The number of hydrogen-bond donors (Lipinski definition) is 1. The predicted molar refractivity (Wildman–Crippen MR) is 49.0 cm³/mol. The Labute approximate surface area is 81.1 Å². The number of carbonyl (C=O) groups excluding carboxylic acids is 1. The van der Waals surface area contributed by atoms with Gasteiger partial charge in [0.2, 0.25) is 5.91 Å². The van der Waals surface area contributed by atoms with Crippen molar-refractivity contribution in [2.75, 3.05) is 0 Å². The van der Waals surface area contributed by atoms with E-state index in [4.69, 9.17) is 5.73 Å². The Hall–Kier alpha value is -1.45. The normalized spacial score (nSPS) is 17.9. The highest BCUT2D eigenvalue weighted by molar-refractivity contribution is 5.90. The average Bonchev–Trinajstić information content (AvgIpc) is 2.85. The molecule has 1 fully saturated rings. The number of nitrogens with zero attached hydrogens (tertiary/aromatic N) is 1. The van der Waals surface area contributed by atoms with Gasteiger partial charge in [0.05, 0.1) is 11.6 Å². The number of carbonyl (C=O) groups is 1. The van der Waals surface area contributed by atoms with Gasteiger partial charge in [-0.3, -0.25) is 9.78 Å². The number of primary amides is 1. The number of amides is 1. The number of pyridine rings is 1. The van der Waals surface area contributed by atoms with Crippen molar-refractivity contribution in [3.05, 3.63) is 29.3 Å². The van der Waals surface area contributed by atoms with Gasteiger partial charge in [0, 0.05) is 11.8 Å². The molecule has 2 rings (SSSR count). The van der Waals surface area contributed by atoms with Crippen molar-refractivity contribution >= 4 is 5.91 Å². The highest BCUT2D eigenvalue weighted by Crippen LogP contribution is 2.49. The summed E-state index contributed by atoms with van der Waals surface area (Å²) in [6.07, 6.45) is 3.97. The Balaban J connectivity index is 2.56. The van der Waals surface area contributed by atoms with Crippen LogP contribution in [0.5, 0.6) is 0 Å². The zero-order valence-electron chi connectivity index (χ0n) is 7.88. The summed E-state index contributed by atoms with van der Waals surface area (Å²) in [5, 5.41) is 0. The van der Waals surface area contributed by atoms with Crippen LogP contribution in [0, 0.1) is 12.7 Å². The average molecular weight is 194 g/mol. The molecule has 1 aliphatic rings. The second-order valence-electron chi connectivity index (χ2n) is 3.76. The first-order valence-electron chi connectivity index (χ1n) is 4.48. The maximum Gasteiger partial charge on any atom is 0.228 e. The molecule has 1 heterocycles. The third-order valence-electron chi connectivity index (χ3n) is 2.79. The van der Waals surface area contributed by atoms with E-state index in [-0.39, 0.29) is 0 Å². The van der Waals surface area contributed by atoms with Crippen LogP contribution in [0.2, 0.25) is 0 Å². The van der Waals surface area contributed by atoms with E-state index < -0.39 is 17.1 Å². The van der Waals surface area contributed by atoms with Gasteiger partial charge in [0.1, 0.15) is 5.82 Å². The molecule has 3 nitrogen and oxygen atoms in total. The standard InChI is InChI=1S/C10H11FN2O/c1-6-4-13-5-7(11)8(6)10(2-3-10)9(12)14/h4-5H,2-3H2,1H3,(H2,12,14). The summed E-state index contributed by atoms with van der Waals surface area (Å²) in [5.41, 5.74) is 5.65. The fraction of sp³-hybridized carbons (Fsp3) is 0.400. The molecule has 0 atom stereocenters. The molecule has 0 aromatic carbocycles. The van der Waals surface area contributed by atoms with Gasteiger partial charge in [-0.1, -0.05) is 0 Å². The highest BCUT2D eigenvalue weighted by atomic mass is 19.1. The van der Waals surface area contributed by atoms with Crippen molar-refractivity contribution in [1.29, 1.82) is 0 Å². The molecule has 1 aromatic rings. The van der Waals surface area contributed by atoms with Crippen LogP contribution in [-0.4, -0.2) is 10.9 Å². The maximum absolute atomic E-state index is 13.5. The number of rotatable bonds is 2. The SMILES string of the molecule is Cc1cncc(F)c1C1(C(N)=O)CC1. The van der Waals surface area contributed by atoms with E-state index in [1.54, 1.807) is 13.1 Å². The number of hydrogen-bond acceptors (Lipinski definition) is 2. The summed E-state index contributed by atoms with van der Waals surface area (Å²) in [6.45, 7) is 1.74. The summed E-state index contributed by atoms with van der Waals surface area (Å²) in [4.78, 5) is 14.9. The van der Waals surface area contributed by atoms with Gasteiger partial charge in [0.15, 0.2) is 0 Å². The molecule has 0 bridgehead atoms. The molecular weight excluding hydrogens is 183 g/mol. The van der Waals surface area contributed by atoms with E-state index in [1.165, 1.54) is 0 Å². The molecule has 14 heavy (non-hydrogen) atoms. The lowest BCUT2D eigenvalue weighted by atomic mass is 9.92. The van der Waals surface area contributed by atoms with Gasteiger partial charge in [0.25, 0.3) is 0 Å². The number of aryl methyl sites for hydroxylation is 1. The lowest BCUT2D eigenvalue weighted by molar-refractivity contribution is -0.120. The van der Waals surface area contributed by atoms with E-state index >= 15 is 0 Å². The second-order valence-corrected chi connectivity index (χ2v) is 3.76. The Morgan fingerprint density at radius 3 is 2.64 bits per heavy atom. The first kappa shape index (κ1) is 9.12. The highest BCUT2D eigenvalue weighted by Gasteiger charge is 2.52. The maximum atomic E-state index is 13.5. The Kier molecular flexibility index (Phi) is 1.80. The Morgan fingerprint density at radius 1 is 1.57 bits per heavy atom. The van der Waals surface area contributed by atoms with Crippen molar-refractivity contribution in [1.82, 2.24) is 4.98 Å². The molecule has 1 aromatic heterocycles. The minimum atomic E-state index is -0.753. The van der Waals surface area contributed by atoms with Gasteiger partial charge < -0.3 is 5.73 Å². The minimum absolute atomic E-state index is 0.429. The van der Waals surface area contributed by atoms with Crippen LogP contribution < -0.4 is 5.73 Å². The van der Waals surface area contributed by atoms with Crippen molar-refractivity contribution in [3.8, 4) is 0 Å². The van der Waals surface area contributed by atoms with Crippen LogP contribution in [0.3, 0.4) is 0 Å². The van der Waals surface area contributed by atoms with Gasteiger partial charge in [-0.05, 0) is 25.3 Å². The lowest BCUT2D eigenvalue weighted by Crippen LogP contribution is -2.30. The van der Waals surface area contributed by atoms with Crippen LogP contribution in [0.1, 0.15) is 24.0 Å². The number of aromatic nitrogens is 1. The van der Waals surface area contributed by atoms with Crippen LogP contribution in [0.25, 0.3) is 0 Å². The van der Waals surface area contributed by atoms with Gasteiger partial charge >= 0.3 is 0 Å².